The maximum atomic E-state index is 12.2. The molecule has 2 N–H and O–H groups in total. The average Bonchev–Trinajstić information content (AvgIpc) is 2.34. The van der Waals surface area contributed by atoms with E-state index in [2.05, 4.69) is 0 Å². The number of aryl methyl sites for hydroxylation is 1. The first kappa shape index (κ1) is 15.1. The topological polar surface area (TPSA) is 69.4 Å². The molecular weight excluding hydrogens is 250 g/mol. The van der Waals surface area contributed by atoms with Gasteiger partial charge in [0.2, 0.25) is 0 Å². The predicted octanol–water partition coefficient (Wildman–Crippen LogP) is 1.52. The van der Waals surface area contributed by atoms with Gasteiger partial charge in [-0.1, -0.05) is 18.2 Å². The number of hydrogen-bond acceptors (Lipinski definition) is 4. The third kappa shape index (κ3) is 4.08. The Bertz CT molecular complexity index is 471. The summed E-state index contributed by atoms with van der Waals surface area (Å²) in [6.45, 7) is 4.57. The largest absolute Gasteiger partial charge is 0.377 e. The van der Waals surface area contributed by atoms with Crippen LogP contribution in [-0.2, 0) is 14.6 Å². The van der Waals surface area contributed by atoms with Gasteiger partial charge < -0.3 is 10.5 Å². The summed E-state index contributed by atoms with van der Waals surface area (Å²) in [6.07, 6.45) is 0.245. The SMILES string of the molecule is CCOC(CN)CCS(=O)(=O)c1ccccc1C. The molecule has 0 spiro atoms. The number of ether oxygens (including phenoxy) is 1. The van der Waals surface area contributed by atoms with E-state index < -0.39 is 9.84 Å². The Hall–Kier alpha value is -0.910. The fourth-order valence-electron chi connectivity index (χ4n) is 1.81. The van der Waals surface area contributed by atoms with Crippen molar-refractivity contribution in [1.82, 2.24) is 0 Å². The molecule has 5 heteroatoms. The van der Waals surface area contributed by atoms with Crippen LogP contribution in [0.15, 0.2) is 29.2 Å². The summed E-state index contributed by atoms with van der Waals surface area (Å²) >= 11 is 0. The number of sulfone groups is 1. The van der Waals surface area contributed by atoms with Crippen LogP contribution >= 0.6 is 0 Å². The molecule has 0 saturated heterocycles. The van der Waals surface area contributed by atoms with Crippen LogP contribution in [0.2, 0.25) is 0 Å². The summed E-state index contributed by atoms with van der Waals surface area (Å²) in [5.41, 5.74) is 6.31. The summed E-state index contributed by atoms with van der Waals surface area (Å²) in [6, 6.07) is 7.01. The molecule has 0 amide bonds. The lowest BCUT2D eigenvalue weighted by molar-refractivity contribution is 0.0671. The first-order valence-electron chi connectivity index (χ1n) is 6.11. The van der Waals surface area contributed by atoms with Crippen molar-refractivity contribution in [3.8, 4) is 0 Å². The van der Waals surface area contributed by atoms with Gasteiger partial charge in [-0.25, -0.2) is 8.42 Å². The lowest BCUT2D eigenvalue weighted by atomic mass is 10.2. The van der Waals surface area contributed by atoms with Crippen molar-refractivity contribution in [2.75, 3.05) is 18.9 Å². The number of nitrogens with two attached hydrogens (primary N) is 1. The molecule has 1 unspecified atom stereocenters. The zero-order valence-electron chi connectivity index (χ0n) is 10.9. The zero-order valence-corrected chi connectivity index (χ0v) is 11.7. The van der Waals surface area contributed by atoms with Crippen molar-refractivity contribution >= 4 is 9.84 Å². The number of rotatable bonds is 7. The molecule has 0 fully saturated rings. The van der Waals surface area contributed by atoms with Gasteiger partial charge in [0.05, 0.1) is 16.8 Å². The molecule has 1 rings (SSSR count). The lowest BCUT2D eigenvalue weighted by Gasteiger charge is -2.15. The fraction of sp³-hybridized carbons (Fsp3) is 0.538. The summed E-state index contributed by atoms with van der Waals surface area (Å²) in [5.74, 6) is 0.0692. The minimum Gasteiger partial charge on any atom is -0.377 e. The minimum absolute atomic E-state index is 0.0692. The second kappa shape index (κ2) is 6.87. The van der Waals surface area contributed by atoms with Gasteiger partial charge >= 0.3 is 0 Å². The van der Waals surface area contributed by atoms with Gasteiger partial charge in [0.1, 0.15) is 0 Å². The maximum absolute atomic E-state index is 12.2. The van der Waals surface area contributed by atoms with Crippen LogP contribution in [0.1, 0.15) is 18.9 Å². The normalized spacial score (nSPS) is 13.5. The molecule has 0 aliphatic heterocycles. The Morgan fingerprint density at radius 3 is 2.56 bits per heavy atom. The van der Waals surface area contributed by atoms with E-state index in [-0.39, 0.29) is 11.9 Å². The van der Waals surface area contributed by atoms with Crippen LogP contribution in [0.5, 0.6) is 0 Å². The van der Waals surface area contributed by atoms with Gasteiger partial charge in [0.25, 0.3) is 0 Å². The lowest BCUT2D eigenvalue weighted by Crippen LogP contribution is -2.26. The third-order valence-corrected chi connectivity index (χ3v) is 4.70. The van der Waals surface area contributed by atoms with E-state index in [0.29, 0.717) is 24.5 Å². The Labute approximate surface area is 109 Å². The Balaban J connectivity index is 2.74. The van der Waals surface area contributed by atoms with Crippen LogP contribution in [0.25, 0.3) is 0 Å². The fourth-order valence-corrected chi connectivity index (χ4v) is 3.44. The van der Waals surface area contributed by atoms with Gasteiger partial charge in [-0.2, -0.15) is 0 Å². The van der Waals surface area contributed by atoms with Gasteiger partial charge in [-0.3, -0.25) is 0 Å². The maximum Gasteiger partial charge on any atom is 0.178 e. The van der Waals surface area contributed by atoms with E-state index in [1.54, 1.807) is 25.1 Å². The highest BCUT2D eigenvalue weighted by Crippen LogP contribution is 2.17. The first-order chi connectivity index (χ1) is 8.51. The van der Waals surface area contributed by atoms with Crippen molar-refractivity contribution in [2.24, 2.45) is 5.73 Å². The van der Waals surface area contributed by atoms with Crippen LogP contribution < -0.4 is 5.73 Å². The van der Waals surface area contributed by atoms with Crippen molar-refractivity contribution in [3.05, 3.63) is 29.8 Å². The van der Waals surface area contributed by atoms with Crippen LogP contribution in [0.3, 0.4) is 0 Å². The predicted molar refractivity (Wildman–Crippen MR) is 72.3 cm³/mol. The number of hydrogen-bond donors (Lipinski definition) is 1. The highest BCUT2D eigenvalue weighted by molar-refractivity contribution is 7.91. The molecule has 1 aromatic rings. The first-order valence-corrected chi connectivity index (χ1v) is 7.76. The van der Waals surface area contributed by atoms with Crippen LogP contribution in [0, 0.1) is 6.92 Å². The van der Waals surface area contributed by atoms with Crippen molar-refractivity contribution < 1.29 is 13.2 Å². The van der Waals surface area contributed by atoms with E-state index >= 15 is 0 Å². The Kier molecular flexibility index (Phi) is 5.78. The highest BCUT2D eigenvalue weighted by atomic mass is 32.2. The summed E-state index contributed by atoms with van der Waals surface area (Å²) in [7, 11) is -3.25. The molecule has 1 aromatic carbocycles. The van der Waals surface area contributed by atoms with Crippen LogP contribution in [-0.4, -0.2) is 33.4 Å². The van der Waals surface area contributed by atoms with Gasteiger partial charge in [0.15, 0.2) is 9.84 Å². The molecule has 0 heterocycles. The summed E-state index contributed by atoms with van der Waals surface area (Å²) in [5, 5.41) is 0. The highest BCUT2D eigenvalue weighted by Gasteiger charge is 2.18. The molecular formula is C13H21NO3S. The monoisotopic (exact) mass is 271 g/mol. The number of benzene rings is 1. The quantitative estimate of drug-likeness (QED) is 0.816. The summed E-state index contributed by atoms with van der Waals surface area (Å²) in [4.78, 5) is 0.400. The van der Waals surface area contributed by atoms with E-state index in [1.807, 2.05) is 13.0 Å². The zero-order chi connectivity index (χ0) is 13.6. The molecule has 0 aliphatic rings. The molecule has 4 nitrogen and oxygen atoms in total. The smallest absolute Gasteiger partial charge is 0.178 e. The van der Waals surface area contributed by atoms with Crippen molar-refractivity contribution in [3.63, 3.8) is 0 Å². The van der Waals surface area contributed by atoms with Crippen molar-refractivity contribution in [1.29, 1.82) is 0 Å². The van der Waals surface area contributed by atoms with E-state index in [9.17, 15) is 8.42 Å². The molecule has 18 heavy (non-hydrogen) atoms. The van der Waals surface area contributed by atoms with E-state index in [0.717, 1.165) is 5.56 Å². The van der Waals surface area contributed by atoms with Gasteiger partial charge in [0, 0.05) is 13.2 Å². The molecule has 0 radical (unpaired) electrons. The van der Waals surface area contributed by atoms with Crippen molar-refractivity contribution in [2.45, 2.75) is 31.3 Å². The second-order valence-corrected chi connectivity index (χ2v) is 6.26. The standard InChI is InChI=1S/C13H21NO3S/c1-3-17-12(10-14)8-9-18(15,16)13-7-5-4-6-11(13)2/h4-7,12H,3,8-10,14H2,1-2H3. The molecule has 102 valence electrons. The average molecular weight is 271 g/mol. The third-order valence-electron chi connectivity index (χ3n) is 2.80. The summed E-state index contributed by atoms with van der Waals surface area (Å²) < 4.78 is 29.7. The van der Waals surface area contributed by atoms with Gasteiger partial charge in [-0.15, -0.1) is 0 Å². The Morgan fingerprint density at radius 1 is 1.33 bits per heavy atom. The molecule has 0 saturated carbocycles. The molecule has 0 bridgehead atoms. The van der Waals surface area contributed by atoms with Crippen LogP contribution in [0.4, 0.5) is 0 Å². The van der Waals surface area contributed by atoms with Gasteiger partial charge in [-0.05, 0) is 31.9 Å². The Morgan fingerprint density at radius 2 is 2.00 bits per heavy atom. The molecule has 0 aromatic heterocycles. The van der Waals surface area contributed by atoms with E-state index in [4.69, 9.17) is 10.5 Å². The minimum atomic E-state index is -3.25. The molecule has 1 atom stereocenters. The molecule has 0 aliphatic carbocycles. The second-order valence-electron chi connectivity index (χ2n) is 4.19. The van der Waals surface area contributed by atoms with E-state index in [1.165, 1.54) is 0 Å².